The van der Waals surface area contributed by atoms with E-state index in [0.29, 0.717) is 23.2 Å². The highest BCUT2D eigenvalue weighted by Gasteiger charge is 2.12. The lowest BCUT2D eigenvalue weighted by Gasteiger charge is -2.06. The van der Waals surface area contributed by atoms with Crippen molar-refractivity contribution in [3.05, 3.63) is 65.7 Å². The Morgan fingerprint density at radius 3 is 2.68 bits per heavy atom. The van der Waals surface area contributed by atoms with Crippen LogP contribution in [0.15, 0.2) is 53.7 Å². The second kappa shape index (κ2) is 9.23. The van der Waals surface area contributed by atoms with E-state index < -0.39 is 5.82 Å². The lowest BCUT2D eigenvalue weighted by atomic mass is 10.1. The van der Waals surface area contributed by atoms with E-state index in [-0.39, 0.29) is 18.0 Å². The molecule has 2 aromatic carbocycles. The molecule has 1 amide bonds. The Bertz CT molecular complexity index is 946. The number of thioether (sulfide) groups is 1. The van der Waals surface area contributed by atoms with Gasteiger partial charge >= 0.3 is 0 Å². The Balaban J connectivity index is 1.51. The summed E-state index contributed by atoms with van der Waals surface area (Å²) in [5.74, 6) is 7.16. The van der Waals surface area contributed by atoms with Gasteiger partial charge in [0.05, 0.1) is 12.8 Å². The van der Waals surface area contributed by atoms with Gasteiger partial charge in [-0.3, -0.25) is 4.79 Å². The first-order valence-electron chi connectivity index (χ1n) is 8.56. The van der Waals surface area contributed by atoms with E-state index in [2.05, 4.69) is 15.5 Å². The van der Waals surface area contributed by atoms with Crippen LogP contribution in [-0.2, 0) is 11.2 Å². The third-order valence-electron chi connectivity index (χ3n) is 3.96. The molecule has 0 aliphatic heterocycles. The van der Waals surface area contributed by atoms with Gasteiger partial charge in [0.2, 0.25) is 11.1 Å². The number of benzene rings is 2. The SMILES string of the molecule is COc1ccc(Cc2nnc(SCCC(=O)Nc3ccccc3F)n2N)cc1. The van der Waals surface area contributed by atoms with Gasteiger partial charge in [0.1, 0.15) is 11.6 Å². The van der Waals surface area contributed by atoms with E-state index in [4.69, 9.17) is 10.6 Å². The van der Waals surface area contributed by atoms with Crippen molar-refractivity contribution in [2.75, 3.05) is 24.0 Å². The molecule has 0 spiro atoms. The summed E-state index contributed by atoms with van der Waals surface area (Å²) in [5.41, 5.74) is 1.20. The number of nitrogens with one attached hydrogen (secondary N) is 1. The molecular weight excluding hydrogens is 381 g/mol. The van der Waals surface area contributed by atoms with Gasteiger partial charge < -0.3 is 15.9 Å². The number of para-hydroxylation sites is 1. The molecule has 1 aromatic heterocycles. The van der Waals surface area contributed by atoms with Crippen molar-refractivity contribution >= 4 is 23.4 Å². The van der Waals surface area contributed by atoms with Gasteiger partial charge in [-0.1, -0.05) is 36.0 Å². The Kier molecular flexibility index (Phi) is 6.49. The largest absolute Gasteiger partial charge is 0.497 e. The first kappa shape index (κ1) is 19.7. The first-order chi connectivity index (χ1) is 13.6. The van der Waals surface area contributed by atoms with Gasteiger partial charge in [-0.25, -0.2) is 9.07 Å². The smallest absolute Gasteiger partial charge is 0.225 e. The standard InChI is InChI=1S/C19H20FN5O2S/c1-27-14-8-6-13(7-9-14)12-17-23-24-19(25(17)21)28-11-10-18(26)22-16-5-3-2-4-15(16)20/h2-9H,10-12,21H2,1H3,(H,22,26). The van der Waals surface area contributed by atoms with Crippen molar-refractivity contribution in [2.45, 2.75) is 18.0 Å². The van der Waals surface area contributed by atoms with Crippen LogP contribution < -0.4 is 15.9 Å². The van der Waals surface area contributed by atoms with E-state index >= 15 is 0 Å². The number of nitrogens with zero attached hydrogens (tertiary/aromatic N) is 3. The van der Waals surface area contributed by atoms with Crippen molar-refractivity contribution in [1.29, 1.82) is 0 Å². The summed E-state index contributed by atoms with van der Waals surface area (Å²) in [6.07, 6.45) is 0.724. The summed E-state index contributed by atoms with van der Waals surface area (Å²) in [7, 11) is 1.62. The molecule has 3 rings (SSSR count). The highest BCUT2D eigenvalue weighted by atomic mass is 32.2. The van der Waals surface area contributed by atoms with Crippen LogP contribution in [0.2, 0.25) is 0 Å². The number of methoxy groups -OCH3 is 1. The van der Waals surface area contributed by atoms with Crippen molar-refractivity contribution < 1.29 is 13.9 Å². The molecule has 0 bridgehead atoms. The minimum absolute atomic E-state index is 0.168. The molecular formula is C19H20FN5O2S. The molecule has 0 unspecified atom stereocenters. The highest BCUT2D eigenvalue weighted by Crippen LogP contribution is 2.19. The Labute approximate surface area is 166 Å². The number of anilines is 1. The quantitative estimate of drug-likeness (QED) is 0.445. The van der Waals surface area contributed by atoms with Crippen LogP contribution in [0.1, 0.15) is 17.8 Å². The third-order valence-corrected chi connectivity index (χ3v) is 4.91. The molecule has 3 aromatic rings. The van der Waals surface area contributed by atoms with Crippen molar-refractivity contribution in [3.63, 3.8) is 0 Å². The van der Waals surface area contributed by atoms with Crippen LogP contribution in [0.5, 0.6) is 5.75 Å². The number of hydrogen-bond donors (Lipinski definition) is 2. The molecule has 28 heavy (non-hydrogen) atoms. The summed E-state index contributed by atoms with van der Waals surface area (Å²) in [5, 5.41) is 11.3. The molecule has 0 radical (unpaired) electrons. The maximum atomic E-state index is 13.5. The van der Waals surface area contributed by atoms with Gasteiger partial charge in [-0.2, -0.15) is 0 Å². The molecule has 9 heteroatoms. The minimum Gasteiger partial charge on any atom is -0.497 e. The number of amides is 1. The Morgan fingerprint density at radius 1 is 1.21 bits per heavy atom. The van der Waals surface area contributed by atoms with E-state index in [1.165, 1.54) is 28.6 Å². The Hall–Kier alpha value is -3.07. The zero-order valence-corrected chi connectivity index (χ0v) is 16.1. The highest BCUT2D eigenvalue weighted by molar-refractivity contribution is 7.99. The van der Waals surface area contributed by atoms with Crippen molar-refractivity contribution in [2.24, 2.45) is 0 Å². The predicted molar refractivity (Wildman–Crippen MR) is 106 cm³/mol. The number of carbonyl (C=O) groups is 1. The van der Waals surface area contributed by atoms with Gasteiger partial charge in [0.15, 0.2) is 5.82 Å². The zero-order chi connectivity index (χ0) is 19.9. The number of halogens is 1. The predicted octanol–water partition coefficient (Wildman–Crippen LogP) is 2.85. The average Bonchev–Trinajstić information content (AvgIpc) is 3.04. The molecule has 0 atom stereocenters. The number of aromatic nitrogens is 3. The maximum Gasteiger partial charge on any atom is 0.225 e. The average molecular weight is 401 g/mol. The monoisotopic (exact) mass is 401 g/mol. The number of nitrogen functional groups attached to an aromatic ring is 1. The van der Waals surface area contributed by atoms with Crippen LogP contribution in [0.4, 0.5) is 10.1 Å². The Morgan fingerprint density at radius 2 is 1.96 bits per heavy atom. The maximum absolute atomic E-state index is 13.5. The lowest BCUT2D eigenvalue weighted by molar-refractivity contribution is -0.115. The van der Waals surface area contributed by atoms with E-state index in [1.807, 2.05) is 24.3 Å². The number of nitrogens with two attached hydrogens (primary N) is 1. The number of rotatable bonds is 8. The fourth-order valence-corrected chi connectivity index (χ4v) is 3.28. The molecule has 0 saturated heterocycles. The molecule has 7 nitrogen and oxygen atoms in total. The van der Waals surface area contributed by atoms with Crippen molar-refractivity contribution in [1.82, 2.24) is 14.9 Å². The van der Waals surface area contributed by atoms with Crippen LogP contribution >= 0.6 is 11.8 Å². The first-order valence-corrected chi connectivity index (χ1v) is 9.55. The molecule has 0 saturated carbocycles. The summed E-state index contributed by atoms with van der Waals surface area (Å²) >= 11 is 1.32. The van der Waals surface area contributed by atoms with Crippen LogP contribution in [-0.4, -0.2) is 33.6 Å². The van der Waals surface area contributed by atoms with Crippen LogP contribution in [0.25, 0.3) is 0 Å². The molecule has 0 aliphatic rings. The molecule has 1 heterocycles. The fraction of sp³-hybridized carbons (Fsp3) is 0.211. The number of carbonyl (C=O) groups excluding carboxylic acids is 1. The van der Waals surface area contributed by atoms with E-state index in [9.17, 15) is 9.18 Å². The summed E-state index contributed by atoms with van der Waals surface area (Å²) in [4.78, 5) is 12.0. The summed E-state index contributed by atoms with van der Waals surface area (Å²) in [6.45, 7) is 0. The van der Waals surface area contributed by atoms with E-state index in [0.717, 1.165) is 11.3 Å². The minimum atomic E-state index is -0.464. The van der Waals surface area contributed by atoms with Crippen molar-refractivity contribution in [3.8, 4) is 5.75 Å². The molecule has 0 aliphatic carbocycles. The van der Waals surface area contributed by atoms with Gasteiger partial charge in [-0.15, -0.1) is 10.2 Å². The lowest BCUT2D eigenvalue weighted by Crippen LogP contribution is -2.16. The molecule has 3 N–H and O–H groups in total. The number of hydrogen-bond acceptors (Lipinski definition) is 6. The van der Waals surface area contributed by atoms with Crippen LogP contribution in [0, 0.1) is 5.82 Å². The van der Waals surface area contributed by atoms with Gasteiger partial charge in [0, 0.05) is 18.6 Å². The van der Waals surface area contributed by atoms with Crippen LogP contribution in [0.3, 0.4) is 0 Å². The fourth-order valence-electron chi connectivity index (χ4n) is 2.46. The normalized spacial score (nSPS) is 10.6. The summed E-state index contributed by atoms with van der Waals surface area (Å²) in [6, 6.07) is 13.7. The topological polar surface area (TPSA) is 95.1 Å². The third kappa shape index (κ3) is 5.01. The summed E-state index contributed by atoms with van der Waals surface area (Å²) < 4.78 is 20.1. The molecule has 0 fully saturated rings. The number of ether oxygens (including phenoxy) is 1. The van der Waals surface area contributed by atoms with E-state index in [1.54, 1.807) is 19.2 Å². The second-order valence-corrected chi connectivity index (χ2v) is 6.98. The zero-order valence-electron chi connectivity index (χ0n) is 15.3. The molecule has 146 valence electrons. The second-order valence-electron chi connectivity index (χ2n) is 5.92. The van der Waals surface area contributed by atoms with Gasteiger partial charge in [-0.05, 0) is 29.8 Å². The van der Waals surface area contributed by atoms with Gasteiger partial charge in [0.25, 0.3) is 0 Å².